The van der Waals surface area contributed by atoms with Crippen LogP contribution in [-0.2, 0) is 0 Å². The van der Waals surface area contributed by atoms with Crippen molar-refractivity contribution < 1.29 is 4.79 Å². The van der Waals surface area contributed by atoms with Crippen molar-refractivity contribution in [3.8, 4) is 0 Å². The molecule has 0 atom stereocenters. The zero-order chi connectivity index (χ0) is 14.9. The van der Waals surface area contributed by atoms with Gasteiger partial charge in [-0.05, 0) is 69.5 Å². The number of halogens is 2. The molecule has 0 aliphatic heterocycles. The number of amides is 1. The van der Waals surface area contributed by atoms with Crippen molar-refractivity contribution in [2.24, 2.45) is 0 Å². The highest BCUT2D eigenvalue weighted by molar-refractivity contribution is 9.11. The minimum absolute atomic E-state index is 0.291. The zero-order valence-corrected chi connectivity index (χ0v) is 14.2. The molecular formula is C14H13Br2N3O. The summed E-state index contributed by atoms with van der Waals surface area (Å²) in [5, 5.41) is 2.83. The maximum atomic E-state index is 12.3. The molecule has 0 aliphatic carbocycles. The summed E-state index contributed by atoms with van der Waals surface area (Å²) in [6.45, 7) is 3.80. The lowest BCUT2D eigenvalue weighted by molar-refractivity contribution is 0.102. The number of benzene rings is 1. The second-order valence-electron chi connectivity index (χ2n) is 4.47. The molecule has 0 aliphatic rings. The fourth-order valence-electron chi connectivity index (χ4n) is 1.77. The smallest absolute Gasteiger partial charge is 0.259 e. The lowest BCUT2D eigenvalue weighted by Gasteiger charge is -2.12. The van der Waals surface area contributed by atoms with Gasteiger partial charge in [0.05, 0.1) is 11.3 Å². The van der Waals surface area contributed by atoms with E-state index in [1.54, 1.807) is 6.07 Å². The van der Waals surface area contributed by atoms with Crippen molar-refractivity contribution in [2.75, 3.05) is 11.1 Å². The number of rotatable bonds is 2. The van der Waals surface area contributed by atoms with Crippen LogP contribution in [0.1, 0.15) is 21.6 Å². The summed E-state index contributed by atoms with van der Waals surface area (Å²) < 4.78 is 1.60. The number of carbonyl (C=O) groups excluding carboxylic acids is 1. The van der Waals surface area contributed by atoms with Gasteiger partial charge in [0.2, 0.25) is 0 Å². The summed E-state index contributed by atoms with van der Waals surface area (Å²) >= 11 is 6.88. The summed E-state index contributed by atoms with van der Waals surface area (Å²) in [7, 11) is 0. The number of nitrogens with one attached hydrogen (secondary N) is 1. The SMILES string of the molecule is Cc1cc(Br)c(NC(=O)c2cnc(C)cc2N)c(Br)c1. The van der Waals surface area contributed by atoms with E-state index in [0.717, 1.165) is 20.2 Å². The highest BCUT2D eigenvalue weighted by Crippen LogP contribution is 2.32. The molecule has 4 nitrogen and oxygen atoms in total. The molecule has 0 radical (unpaired) electrons. The molecule has 2 rings (SSSR count). The summed E-state index contributed by atoms with van der Waals surface area (Å²) in [5.74, 6) is -0.291. The third kappa shape index (κ3) is 3.19. The third-order valence-corrected chi connectivity index (χ3v) is 3.99. The van der Waals surface area contributed by atoms with Crippen molar-refractivity contribution in [1.29, 1.82) is 0 Å². The largest absolute Gasteiger partial charge is 0.398 e. The van der Waals surface area contributed by atoms with Crippen LogP contribution < -0.4 is 11.1 Å². The molecule has 1 heterocycles. The van der Waals surface area contributed by atoms with Gasteiger partial charge in [-0.15, -0.1) is 0 Å². The number of anilines is 2. The molecule has 1 amide bonds. The Labute approximate surface area is 134 Å². The van der Waals surface area contributed by atoms with Crippen molar-refractivity contribution in [3.05, 3.63) is 50.2 Å². The number of aromatic nitrogens is 1. The average molecular weight is 399 g/mol. The summed E-state index contributed by atoms with van der Waals surface area (Å²) in [4.78, 5) is 16.4. The molecule has 1 aromatic carbocycles. The van der Waals surface area contributed by atoms with E-state index in [1.807, 2.05) is 26.0 Å². The van der Waals surface area contributed by atoms with E-state index in [9.17, 15) is 4.79 Å². The van der Waals surface area contributed by atoms with Crippen LogP contribution in [0.3, 0.4) is 0 Å². The Bertz CT molecular complexity index is 663. The Balaban J connectivity index is 2.33. The van der Waals surface area contributed by atoms with Crippen LogP contribution in [-0.4, -0.2) is 10.9 Å². The summed E-state index contributed by atoms with van der Waals surface area (Å²) in [6.07, 6.45) is 1.48. The number of hydrogen-bond donors (Lipinski definition) is 2. The van der Waals surface area contributed by atoms with Gasteiger partial charge in [0.15, 0.2) is 0 Å². The van der Waals surface area contributed by atoms with Crippen LogP contribution >= 0.6 is 31.9 Å². The maximum absolute atomic E-state index is 12.3. The molecule has 3 N–H and O–H groups in total. The van der Waals surface area contributed by atoms with E-state index in [1.165, 1.54) is 6.20 Å². The Morgan fingerprint density at radius 3 is 2.35 bits per heavy atom. The van der Waals surface area contributed by atoms with Gasteiger partial charge < -0.3 is 11.1 Å². The predicted octanol–water partition coefficient (Wildman–Crippen LogP) is 4.06. The molecule has 20 heavy (non-hydrogen) atoms. The van der Waals surface area contributed by atoms with Gasteiger partial charge in [0.1, 0.15) is 0 Å². The van der Waals surface area contributed by atoms with Gasteiger partial charge in [0, 0.05) is 26.5 Å². The van der Waals surface area contributed by atoms with Crippen molar-refractivity contribution >= 4 is 49.1 Å². The average Bonchev–Trinajstić information content (AvgIpc) is 2.33. The van der Waals surface area contributed by atoms with Gasteiger partial charge in [0.25, 0.3) is 5.91 Å². The number of pyridine rings is 1. The molecule has 0 spiro atoms. The van der Waals surface area contributed by atoms with Crippen molar-refractivity contribution in [3.63, 3.8) is 0 Å². The fourth-order valence-corrected chi connectivity index (χ4v) is 3.38. The van der Waals surface area contributed by atoms with Gasteiger partial charge in [-0.1, -0.05) is 0 Å². The molecule has 1 aromatic heterocycles. The topological polar surface area (TPSA) is 68.0 Å². The first-order chi connectivity index (χ1) is 9.38. The Kier molecular flexibility index (Phi) is 4.45. The van der Waals surface area contributed by atoms with Gasteiger partial charge in [-0.25, -0.2) is 0 Å². The second-order valence-corrected chi connectivity index (χ2v) is 6.18. The normalized spacial score (nSPS) is 10.4. The summed E-state index contributed by atoms with van der Waals surface area (Å²) in [6, 6.07) is 5.53. The second kappa shape index (κ2) is 5.93. The van der Waals surface area contributed by atoms with Crippen LogP contribution in [0, 0.1) is 13.8 Å². The van der Waals surface area contributed by atoms with E-state index in [-0.39, 0.29) is 5.91 Å². The molecule has 6 heteroatoms. The van der Waals surface area contributed by atoms with Crippen molar-refractivity contribution in [2.45, 2.75) is 13.8 Å². The Morgan fingerprint density at radius 1 is 1.20 bits per heavy atom. The first kappa shape index (κ1) is 15.0. The first-order valence-corrected chi connectivity index (χ1v) is 7.46. The predicted molar refractivity (Wildman–Crippen MR) is 87.9 cm³/mol. The maximum Gasteiger partial charge on any atom is 0.259 e. The highest BCUT2D eigenvalue weighted by atomic mass is 79.9. The molecule has 0 fully saturated rings. The first-order valence-electron chi connectivity index (χ1n) is 5.87. The molecule has 0 saturated carbocycles. The van der Waals surface area contributed by atoms with E-state index >= 15 is 0 Å². The van der Waals surface area contributed by atoms with Gasteiger partial charge >= 0.3 is 0 Å². The quantitative estimate of drug-likeness (QED) is 0.801. The van der Waals surface area contributed by atoms with Gasteiger partial charge in [-0.2, -0.15) is 0 Å². The minimum Gasteiger partial charge on any atom is -0.398 e. The molecule has 104 valence electrons. The van der Waals surface area contributed by atoms with E-state index in [0.29, 0.717) is 16.9 Å². The number of carbonyl (C=O) groups is 1. The molecule has 2 aromatic rings. The number of nitrogens with two attached hydrogens (primary N) is 1. The van der Waals surface area contributed by atoms with Crippen molar-refractivity contribution in [1.82, 2.24) is 4.98 Å². The van der Waals surface area contributed by atoms with Crippen LogP contribution in [0.25, 0.3) is 0 Å². The van der Waals surface area contributed by atoms with Crippen LogP contribution in [0.4, 0.5) is 11.4 Å². The Hall–Kier alpha value is -1.40. The number of nitrogen functional groups attached to an aromatic ring is 1. The van der Waals surface area contributed by atoms with Crippen LogP contribution in [0.5, 0.6) is 0 Å². The lowest BCUT2D eigenvalue weighted by Crippen LogP contribution is -2.15. The van der Waals surface area contributed by atoms with E-state index < -0.39 is 0 Å². The fraction of sp³-hybridized carbons (Fsp3) is 0.143. The Morgan fingerprint density at radius 2 is 1.80 bits per heavy atom. The minimum atomic E-state index is -0.291. The third-order valence-electron chi connectivity index (χ3n) is 2.74. The standard InChI is InChI=1S/C14H13Br2N3O/c1-7-3-10(15)13(11(16)4-7)19-14(20)9-6-18-8(2)5-12(9)17/h3-6H,1-2H3,(H2,17,18)(H,19,20). The summed E-state index contributed by atoms with van der Waals surface area (Å²) in [5.41, 5.74) is 9.14. The molecule has 0 bridgehead atoms. The highest BCUT2D eigenvalue weighted by Gasteiger charge is 2.14. The van der Waals surface area contributed by atoms with E-state index in [2.05, 4.69) is 42.2 Å². The zero-order valence-electron chi connectivity index (χ0n) is 11.0. The number of nitrogens with zero attached hydrogens (tertiary/aromatic N) is 1. The molecule has 0 unspecified atom stereocenters. The monoisotopic (exact) mass is 397 g/mol. The van der Waals surface area contributed by atoms with E-state index in [4.69, 9.17) is 5.73 Å². The number of aryl methyl sites for hydroxylation is 2. The lowest BCUT2D eigenvalue weighted by atomic mass is 10.2. The van der Waals surface area contributed by atoms with Crippen LogP contribution in [0.2, 0.25) is 0 Å². The van der Waals surface area contributed by atoms with Crippen LogP contribution in [0.15, 0.2) is 33.3 Å². The molecular weight excluding hydrogens is 386 g/mol. The molecule has 0 saturated heterocycles. The van der Waals surface area contributed by atoms with Gasteiger partial charge in [-0.3, -0.25) is 9.78 Å². The number of hydrogen-bond acceptors (Lipinski definition) is 3.